The third-order valence-electron chi connectivity index (χ3n) is 5.07. The van der Waals surface area contributed by atoms with Gasteiger partial charge in [0, 0.05) is 19.2 Å². The van der Waals surface area contributed by atoms with Gasteiger partial charge in [0.15, 0.2) is 11.5 Å². The van der Waals surface area contributed by atoms with Crippen molar-refractivity contribution in [2.75, 3.05) is 62.9 Å². The van der Waals surface area contributed by atoms with Gasteiger partial charge in [-0.2, -0.15) is 0 Å². The molecule has 11 heteroatoms. The van der Waals surface area contributed by atoms with Gasteiger partial charge in [-0.05, 0) is 24.3 Å². The lowest BCUT2D eigenvalue weighted by Gasteiger charge is -2.27. The molecule has 0 radical (unpaired) electrons. The standard InChI is InChI=1S/C22H27N3O7S/c1-30-19-9-8-16(14-20(19)31-2)25(33(3,28)29)15-21(26)23-18-7-5-4-6-17(18)22(27)24-10-12-32-13-11-24/h4-9,14H,10-13,15H2,1-3H3,(H,23,26). The zero-order valence-corrected chi connectivity index (χ0v) is 19.6. The van der Waals surface area contributed by atoms with E-state index in [1.54, 1.807) is 35.2 Å². The molecule has 1 aliphatic rings. The molecule has 0 spiro atoms. The van der Waals surface area contributed by atoms with Crippen LogP contribution in [-0.2, 0) is 19.6 Å². The van der Waals surface area contributed by atoms with Crippen LogP contribution in [0.1, 0.15) is 10.4 Å². The number of nitrogens with one attached hydrogen (secondary N) is 1. The van der Waals surface area contributed by atoms with Crippen molar-refractivity contribution in [1.29, 1.82) is 0 Å². The van der Waals surface area contributed by atoms with Crippen LogP contribution in [0, 0.1) is 0 Å². The summed E-state index contributed by atoms with van der Waals surface area (Å²) in [5.41, 5.74) is 0.868. The number of amides is 2. The van der Waals surface area contributed by atoms with Crippen LogP contribution in [0.25, 0.3) is 0 Å². The molecule has 0 saturated carbocycles. The third-order valence-corrected chi connectivity index (χ3v) is 6.21. The van der Waals surface area contributed by atoms with Gasteiger partial charge in [0.2, 0.25) is 15.9 Å². The van der Waals surface area contributed by atoms with Crippen LogP contribution in [0.4, 0.5) is 11.4 Å². The van der Waals surface area contributed by atoms with Crippen molar-refractivity contribution >= 4 is 33.2 Å². The van der Waals surface area contributed by atoms with Crippen LogP contribution in [0.2, 0.25) is 0 Å². The first-order valence-electron chi connectivity index (χ1n) is 10.2. The molecule has 0 atom stereocenters. The second-order valence-electron chi connectivity index (χ2n) is 7.31. The lowest BCUT2D eigenvalue weighted by molar-refractivity contribution is -0.114. The summed E-state index contributed by atoms with van der Waals surface area (Å²) in [6.45, 7) is 1.34. The predicted molar refractivity (Wildman–Crippen MR) is 124 cm³/mol. The molecular formula is C22H27N3O7S. The van der Waals surface area contributed by atoms with Gasteiger partial charge in [-0.15, -0.1) is 0 Å². The number of nitrogens with zero attached hydrogens (tertiary/aromatic N) is 2. The SMILES string of the molecule is COc1ccc(N(CC(=O)Nc2ccccc2C(=O)N2CCOCC2)S(C)(=O)=O)cc1OC. The van der Waals surface area contributed by atoms with Crippen LogP contribution in [0.3, 0.4) is 0 Å². The molecule has 1 heterocycles. The molecule has 1 N–H and O–H groups in total. The van der Waals surface area contributed by atoms with Crippen molar-refractivity contribution in [3.8, 4) is 11.5 Å². The highest BCUT2D eigenvalue weighted by Crippen LogP contribution is 2.32. The number of carbonyl (C=O) groups excluding carboxylic acids is 2. The maximum absolute atomic E-state index is 12.9. The van der Waals surface area contributed by atoms with E-state index in [-0.39, 0.29) is 11.6 Å². The van der Waals surface area contributed by atoms with Crippen LogP contribution >= 0.6 is 0 Å². The number of sulfonamides is 1. The molecule has 2 amide bonds. The monoisotopic (exact) mass is 477 g/mol. The molecule has 0 unspecified atom stereocenters. The normalized spacial score (nSPS) is 13.8. The fourth-order valence-electron chi connectivity index (χ4n) is 3.42. The summed E-state index contributed by atoms with van der Waals surface area (Å²) in [6.07, 6.45) is 1.01. The largest absolute Gasteiger partial charge is 0.493 e. The van der Waals surface area contributed by atoms with Gasteiger partial charge in [-0.1, -0.05) is 12.1 Å². The van der Waals surface area contributed by atoms with E-state index in [9.17, 15) is 18.0 Å². The number of methoxy groups -OCH3 is 2. The van der Waals surface area contributed by atoms with Crippen molar-refractivity contribution in [2.45, 2.75) is 0 Å². The number of anilines is 2. The Kier molecular flexibility index (Phi) is 7.77. The Morgan fingerprint density at radius 2 is 1.73 bits per heavy atom. The van der Waals surface area contributed by atoms with Gasteiger partial charge >= 0.3 is 0 Å². The van der Waals surface area contributed by atoms with Crippen LogP contribution in [0.5, 0.6) is 11.5 Å². The highest BCUT2D eigenvalue weighted by Gasteiger charge is 2.25. The topological polar surface area (TPSA) is 114 Å². The summed E-state index contributed by atoms with van der Waals surface area (Å²) < 4.78 is 41.6. The quantitative estimate of drug-likeness (QED) is 0.614. The van der Waals surface area contributed by atoms with Crippen molar-refractivity contribution in [1.82, 2.24) is 4.90 Å². The maximum Gasteiger partial charge on any atom is 0.256 e. The molecule has 1 fully saturated rings. The zero-order chi connectivity index (χ0) is 24.0. The Hall–Kier alpha value is -3.31. The highest BCUT2D eigenvalue weighted by atomic mass is 32.2. The van der Waals surface area contributed by atoms with Crippen molar-refractivity contribution in [3.63, 3.8) is 0 Å². The molecule has 0 aliphatic carbocycles. The Bertz CT molecular complexity index is 1110. The smallest absolute Gasteiger partial charge is 0.256 e. The van der Waals surface area contributed by atoms with Crippen molar-refractivity contribution in [2.24, 2.45) is 0 Å². The fourth-order valence-corrected chi connectivity index (χ4v) is 4.26. The summed E-state index contributed by atoms with van der Waals surface area (Å²) in [5, 5.41) is 2.67. The van der Waals surface area contributed by atoms with E-state index in [1.807, 2.05) is 0 Å². The minimum atomic E-state index is -3.81. The van der Waals surface area contributed by atoms with Gasteiger partial charge in [0.1, 0.15) is 6.54 Å². The fraction of sp³-hybridized carbons (Fsp3) is 0.364. The molecule has 3 rings (SSSR count). The second kappa shape index (κ2) is 10.5. The Balaban J connectivity index is 1.82. The molecule has 1 aliphatic heterocycles. The number of morpholine rings is 1. The van der Waals surface area contributed by atoms with E-state index in [4.69, 9.17) is 14.2 Å². The minimum Gasteiger partial charge on any atom is -0.493 e. The number of hydrogen-bond acceptors (Lipinski definition) is 7. The second-order valence-corrected chi connectivity index (χ2v) is 9.21. The van der Waals surface area contributed by atoms with Crippen molar-refractivity contribution < 1.29 is 32.2 Å². The third kappa shape index (κ3) is 5.93. The summed E-state index contributed by atoms with van der Waals surface area (Å²) in [6, 6.07) is 11.2. The van der Waals surface area contributed by atoms with Gasteiger partial charge in [0.25, 0.3) is 5.91 Å². The van der Waals surface area contributed by atoms with E-state index in [0.717, 1.165) is 10.6 Å². The van der Waals surface area contributed by atoms with Crippen molar-refractivity contribution in [3.05, 3.63) is 48.0 Å². The van der Waals surface area contributed by atoms with E-state index in [1.165, 1.54) is 26.4 Å². The number of para-hydroxylation sites is 1. The first-order chi connectivity index (χ1) is 15.7. The zero-order valence-electron chi connectivity index (χ0n) is 18.7. The molecule has 2 aromatic rings. The van der Waals surface area contributed by atoms with Gasteiger partial charge in [-0.3, -0.25) is 13.9 Å². The van der Waals surface area contributed by atoms with Crippen LogP contribution in [-0.4, -0.2) is 78.5 Å². The molecule has 10 nitrogen and oxygen atoms in total. The summed E-state index contributed by atoms with van der Waals surface area (Å²) in [5.74, 6) is -0.0771. The van der Waals surface area contributed by atoms with Gasteiger partial charge in [-0.25, -0.2) is 8.42 Å². The Morgan fingerprint density at radius 3 is 2.36 bits per heavy atom. The van der Waals surface area contributed by atoms with Gasteiger partial charge in [0.05, 0.1) is 50.6 Å². The number of carbonyl (C=O) groups is 2. The lowest BCUT2D eigenvalue weighted by atomic mass is 10.1. The molecule has 1 saturated heterocycles. The average Bonchev–Trinajstić information content (AvgIpc) is 2.82. The molecule has 178 valence electrons. The minimum absolute atomic E-state index is 0.228. The van der Waals surface area contributed by atoms with Crippen LogP contribution in [0.15, 0.2) is 42.5 Å². The van der Waals surface area contributed by atoms with E-state index >= 15 is 0 Å². The van der Waals surface area contributed by atoms with E-state index in [0.29, 0.717) is 49.1 Å². The number of hydrogen-bond donors (Lipinski definition) is 1. The molecular weight excluding hydrogens is 450 g/mol. The molecule has 2 aromatic carbocycles. The lowest BCUT2D eigenvalue weighted by Crippen LogP contribution is -2.41. The average molecular weight is 478 g/mol. The summed E-state index contributed by atoms with van der Waals surface area (Å²) >= 11 is 0. The van der Waals surface area contributed by atoms with Gasteiger partial charge < -0.3 is 24.4 Å². The first kappa shape index (κ1) is 24.3. The predicted octanol–water partition coefficient (Wildman–Crippen LogP) is 1.58. The summed E-state index contributed by atoms with van der Waals surface area (Å²) in [4.78, 5) is 27.4. The van der Waals surface area contributed by atoms with E-state index < -0.39 is 22.5 Å². The first-order valence-corrected chi connectivity index (χ1v) is 12.0. The van der Waals surface area contributed by atoms with E-state index in [2.05, 4.69) is 5.32 Å². The highest BCUT2D eigenvalue weighted by molar-refractivity contribution is 7.92. The number of ether oxygens (including phenoxy) is 3. The number of benzene rings is 2. The molecule has 0 aromatic heterocycles. The Morgan fingerprint density at radius 1 is 1.06 bits per heavy atom. The maximum atomic E-state index is 12.9. The summed E-state index contributed by atoms with van der Waals surface area (Å²) in [7, 11) is -0.907. The molecule has 0 bridgehead atoms. The molecule has 33 heavy (non-hydrogen) atoms. The van der Waals surface area contributed by atoms with Crippen LogP contribution < -0.4 is 19.1 Å². The number of rotatable bonds is 8. The Labute approximate surface area is 193 Å².